The maximum absolute atomic E-state index is 14.8. The third-order valence-corrected chi connectivity index (χ3v) is 7.01. The molecule has 2 aliphatic heterocycles. The van der Waals surface area contributed by atoms with Gasteiger partial charge in [0.25, 0.3) is 5.91 Å². The van der Waals surface area contributed by atoms with Gasteiger partial charge in [0.2, 0.25) is 0 Å². The molecule has 36 heavy (non-hydrogen) atoms. The summed E-state index contributed by atoms with van der Waals surface area (Å²) < 4.78 is 41.6. The van der Waals surface area contributed by atoms with Crippen LogP contribution in [0.3, 0.4) is 0 Å². The van der Waals surface area contributed by atoms with Crippen molar-refractivity contribution in [2.75, 3.05) is 30.0 Å². The van der Waals surface area contributed by atoms with Crippen LogP contribution in [0, 0.1) is 11.6 Å². The number of aromatic nitrogens is 2. The number of halogens is 2. The highest BCUT2D eigenvalue weighted by atomic mass is 19.1. The molecule has 184 valence electrons. The minimum absolute atomic E-state index is 0.320. The van der Waals surface area contributed by atoms with Crippen LogP contribution in [0.5, 0.6) is 11.5 Å². The smallest absolute Gasteiger partial charge is 0.259 e. The molecular weight excluding hydrogens is 466 g/mol. The molecule has 0 bridgehead atoms. The van der Waals surface area contributed by atoms with Crippen LogP contribution < -0.4 is 19.7 Å². The molecule has 4 aromatic rings. The predicted molar refractivity (Wildman–Crippen MR) is 131 cm³/mol. The SMILES string of the molecule is C[C@]1(c2cc(F)ccc2F)CCCN1c1ccn2ncc(C(=O)Nc3ccc4c(c3)OCCO4)c2c1. The van der Waals surface area contributed by atoms with Crippen molar-refractivity contribution in [2.45, 2.75) is 25.3 Å². The van der Waals surface area contributed by atoms with E-state index in [4.69, 9.17) is 9.47 Å². The van der Waals surface area contributed by atoms with Crippen LogP contribution in [0.1, 0.15) is 35.7 Å². The molecule has 2 aromatic heterocycles. The topological polar surface area (TPSA) is 68.1 Å². The Morgan fingerprint density at radius 2 is 1.89 bits per heavy atom. The van der Waals surface area contributed by atoms with E-state index in [1.165, 1.54) is 18.3 Å². The van der Waals surface area contributed by atoms with E-state index in [1.54, 1.807) is 28.9 Å². The molecule has 2 aromatic carbocycles. The van der Waals surface area contributed by atoms with Crippen LogP contribution >= 0.6 is 0 Å². The van der Waals surface area contributed by atoms with Gasteiger partial charge in [-0.25, -0.2) is 13.3 Å². The number of nitrogens with zero attached hydrogens (tertiary/aromatic N) is 3. The van der Waals surface area contributed by atoms with Crippen molar-refractivity contribution in [3.8, 4) is 11.5 Å². The number of carbonyl (C=O) groups excluding carboxylic acids is 1. The van der Waals surface area contributed by atoms with Gasteiger partial charge in [0.05, 0.1) is 22.8 Å². The monoisotopic (exact) mass is 490 g/mol. The van der Waals surface area contributed by atoms with E-state index < -0.39 is 17.2 Å². The van der Waals surface area contributed by atoms with Gasteiger partial charge in [-0.1, -0.05) is 0 Å². The van der Waals surface area contributed by atoms with Crippen molar-refractivity contribution >= 4 is 22.8 Å². The first-order valence-corrected chi connectivity index (χ1v) is 11.8. The molecule has 7 nitrogen and oxygen atoms in total. The molecule has 1 fully saturated rings. The molecule has 6 rings (SSSR count). The number of hydrogen-bond acceptors (Lipinski definition) is 5. The highest BCUT2D eigenvalue weighted by Crippen LogP contribution is 2.43. The lowest BCUT2D eigenvalue weighted by Gasteiger charge is -2.38. The number of fused-ring (bicyclic) bond motifs is 2. The van der Waals surface area contributed by atoms with Gasteiger partial charge in [-0.3, -0.25) is 4.79 Å². The Bertz CT molecular complexity index is 1490. The van der Waals surface area contributed by atoms with Crippen LogP contribution in [-0.2, 0) is 5.54 Å². The summed E-state index contributed by atoms with van der Waals surface area (Å²) in [7, 11) is 0. The molecule has 0 saturated carbocycles. The Morgan fingerprint density at radius 3 is 2.75 bits per heavy atom. The molecule has 0 unspecified atom stereocenters. The Kier molecular flexibility index (Phi) is 5.28. The summed E-state index contributed by atoms with van der Waals surface area (Å²) in [5.41, 5.74) is 1.98. The third-order valence-electron chi connectivity index (χ3n) is 7.01. The standard InChI is InChI=1S/C27H24F2N4O3/c1-27(21-13-17(28)3-5-22(21)29)8-2-9-32(27)19-7-10-33-23(15-19)20(16-30-33)26(34)31-18-4-6-24-25(14-18)36-12-11-35-24/h3-7,10,13-16H,2,8-9,11-12H2,1H3,(H,31,34)/t27-/m1/s1. The molecule has 4 heterocycles. The number of benzene rings is 2. The summed E-state index contributed by atoms with van der Waals surface area (Å²) in [5, 5.41) is 7.22. The number of ether oxygens (including phenoxy) is 2. The zero-order chi connectivity index (χ0) is 24.9. The lowest BCUT2D eigenvalue weighted by atomic mass is 9.88. The van der Waals surface area contributed by atoms with E-state index in [0.717, 1.165) is 18.2 Å². The zero-order valence-corrected chi connectivity index (χ0v) is 19.6. The van der Waals surface area contributed by atoms with E-state index in [0.29, 0.717) is 60.0 Å². The largest absolute Gasteiger partial charge is 0.486 e. The molecular formula is C27H24F2N4O3. The van der Waals surface area contributed by atoms with Gasteiger partial charge in [0, 0.05) is 35.7 Å². The van der Waals surface area contributed by atoms with Gasteiger partial charge >= 0.3 is 0 Å². The first-order chi connectivity index (χ1) is 17.4. The lowest BCUT2D eigenvalue weighted by molar-refractivity contribution is 0.102. The minimum atomic E-state index is -0.724. The van der Waals surface area contributed by atoms with Crippen molar-refractivity contribution in [1.29, 1.82) is 0 Å². The quantitative estimate of drug-likeness (QED) is 0.429. The van der Waals surface area contributed by atoms with Crippen LogP contribution in [0.15, 0.2) is 60.9 Å². The Hall–Kier alpha value is -4.14. The second-order valence-corrected chi connectivity index (χ2v) is 9.24. The highest BCUT2D eigenvalue weighted by molar-refractivity contribution is 6.09. The Labute approximate surface area is 206 Å². The third kappa shape index (κ3) is 3.71. The molecule has 1 saturated heterocycles. The minimum Gasteiger partial charge on any atom is -0.486 e. The average molecular weight is 491 g/mol. The fourth-order valence-electron chi connectivity index (χ4n) is 5.20. The van der Waals surface area contributed by atoms with Crippen LogP contribution in [0.25, 0.3) is 5.52 Å². The highest BCUT2D eigenvalue weighted by Gasteiger charge is 2.40. The van der Waals surface area contributed by atoms with Crippen molar-refractivity contribution in [2.24, 2.45) is 0 Å². The average Bonchev–Trinajstić information content (AvgIpc) is 3.49. The number of nitrogens with one attached hydrogen (secondary N) is 1. The number of rotatable bonds is 4. The molecule has 9 heteroatoms. The van der Waals surface area contributed by atoms with Crippen molar-refractivity contribution < 1.29 is 23.0 Å². The zero-order valence-electron chi connectivity index (χ0n) is 19.6. The molecule has 1 amide bonds. The first-order valence-electron chi connectivity index (χ1n) is 11.8. The van der Waals surface area contributed by atoms with Gasteiger partial charge in [0.1, 0.15) is 24.8 Å². The summed E-state index contributed by atoms with van der Waals surface area (Å²) in [6.07, 6.45) is 4.79. The van der Waals surface area contributed by atoms with E-state index in [1.807, 2.05) is 19.1 Å². The van der Waals surface area contributed by atoms with Crippen molar-refractivity contribution in [1.82, 2.24) is 9.61 Å². The van der Waals surface area contributed by atoms with Crippen LogP contribution in [-0.4, -0.2) is 35.3 Å². The fourth-order valence-corrected chi connectivity index (χ4v) is 5.20. The summed E-state index contributed by atoms with van der Waals surface area (Å²) in [6.45, 7) is 3.55. The second kappa shape index (κ2) is 8.51. The van der Waals surface area contributed by atoms with E-state index >= 15 is 0 Å². The maximum Gasteiger partial charge on any atom is 0.259 e. The second-order valence-electron chi connectivity index (χ2n) is 9.24. The van der Waals surface area contributed by atoms with Gasteiger partial charge in [0.15, 0.2) is 11.5 Å². The number of hydrogen-bond donors (Lipinski definition) is 1. The van der Waals surface area contributed by atoms with Gasteiger partial charge in [-0.05, 0) is 62.2 Å². The summed E-state index contributed by atoms with van der Waals surface area (Å²) >= 11 is 0. The van der Waals surface area contributed by atoms with Gasteiger partial charge < -0.3 is 19.7 Å². The van der Waals surface area contributed by atoms with E-state index in [-0.39, 0.29) is 5.91 Å². The molecule has 0 radical (unpaired) electrons. The molecule has 0 aliphatic carbocycles. The maximum atomic E-state index is 14.8. The Balaban J connectivity index is 1.32. The summed E-state index contributed by atoms with van der Waals surface area (Å²) in [5.74, 6) is 0.00102. The molecule has 1 atom stereocenters. The number of amides is 1. The summed E-state index contributed by atoms with van der Waals surface area (Å²) in [4.78, 5) is 15.2. The van der Waals surface area contributed by atoms with Crippen molar-refractivity contribution in [3.05, 3.63) is 83.7 Å². The van der Waals surface area contributed by atoms with E-state index in [2.05, 4.69) is 15.3 Å². The molecule has 1 N–H and O–H groups in total. The number of anilines is 2. The first kappa shape index (κ1) is 22.3. The lowest BCUT2D eigenvalue weighted by Crippen LogP contribution is -2.39. The van der Waals surface area contributed by atoms with Crippen LogP contribution in [0.2, 0.25) is 0 Å². The van der Waals surface area contributed by atoms with Crippen molar-refractivity contribution in [3.63, 3.8) is 0 Å². The van der Waals surface area contributed by atoms with Gasteiger partial charge in [-0.2, -0.15) is 5.10 Å². The molecule has 0 spiro atoms. The number of pyridine rings is 1. The number of carbonyl (C=O) groups is 1. The Morgan fingerprint density at radius 1 is 1.06 bits per heavy atom. The fraction of sp³-hybridized carbons (Fsp3) is 0.259. The van der Waals surface area contributed by atoms with Gasteiger partial charge in [-0.15, -0.1) is 0 Å². The normalized spacial score (nSPS) is 19.0. The van der Waals surface area contributed by atoms with Crippen LogP contribution in [0.4, 0.5) is 20.2 Å². The molecule has 2 aliphatic rings. The van der Waals surface area contributed by atoms with E-state index in [9.17, 15) is 13.6 Å². The predicted octanol–water partition coefficient (Wildman–Crippen LogP) is 5.15. The summed E-state index contributed by atoms with van der Waals surface area (Å²) in [6, 6.07) is 12.6.